The predicted molar refractivity (Wildman–Crippen MR) is 131 cm³/mol. The van der Waals surface area contributed by atoms with Crippen LogP contribution in [0.5, 0.6) is 23.0 Å². The van der Waals surface area contributed by atoms with E-state index in [0.29, 0.717) is 35.0 Å². The van der Waals surface area contributed by atoms with Gasteiger partial charge in [-0.15, -0.1) is 0 Å². The highest BCUT2D eigenvalue weighted by Crippen LogP contribution is 2.42. The summed E-state index contributed by atoms with van der Waals surface area (Å²) in [7, 11) is 1.56. The maximum atomic E-state index is 13.3. The van der Waals surface area contributed by atoms with E-state index < -0.39 is 17.7 Å². The first-order valence-electron chi connectivity index (χ1n) is 11.5. The van der Waals surface area contributed by atoms with Crippen LogP contribution in [0.3, 0.4) is 0 Å². The van der Waals surface area contributed by atoms with E-state index in [9.17, 15) is 14.7 Å². The van der Waals surface area contributed by atoms with Gasteiger partial charge >= 0.3 is 0 Å². The molecule has 36 heavy (non-hydrogen) atoms. The molecule has 8 heteroatoms. The average molecular weight is 488 g/mol. The minimum absolute atomic E-state index is 0.00923. The fourth-order valence-corrected chi connectivity index (χ4v) is 4.43. The van der Waals surface area contributed by atoms with Crippen LogP contribution < -0.4 is 18.9 Å². The van der Waals surface area contributed by atoms with Crippen molar-refractivity contribution >= 4 is 17.4 Å². The smallest absolute Gasteiger partial charge is 0.295 e. The molecule has 3 aromatic carbocycles. The first-order chi connectivity index (χ1) is 17.5. The van der Waals surface area contributed by atoms with Crippen molar-refractivity contribution < 1.29 is 33.6 Å². The van der Waals surface area contributed by atoms with Gasteiger partial charge < -0.3 is 29.0 Å². The van der Waals surface area contributed by atoms with Gasteiger partial charge in [-0.2, -0.15) is 0 Å². The van der Waals surface area contributed by atoms with Crippen molar-refractivity contribution in [1.29, 1.82) is 0 Å². The lowest BCUT2D eigenvalue weighted by Gasteiger charge is -2.25. The maximum Gasteiger partial charge on any atom is 0.295 e. The van der Waals surface area contributed by atoms with Gasteiger partial charge in [0.2, 0.25) is 6.79 Å². The number of amides is 1. The van der Waals surface area contributed by atoms with Crippen molar-refractivity contribution in [3.63, 3.8) is 0 Å². The second kappa shape index (κ2) is 9.65. The number of carbonyl (C=O) groups is 2. The Morgan fingerprint density at radius 3 is 2.36 bits per heavy atom. The topological polar surface area (TPSA) is 94.5 Å². The van der Waals surface area contributed by atoms with Crippen LogP contribution in [0, 0.1) is 0 Å². The molecule has 1 unspecified atom stereocenters. The molecule has 5 rings (SSSR count). The summed E-state index contributed by atoms with van der Waals surface area (Å²) in [5, 5.41) is 11.3. The van der Waals surface area contributed by atoms with E-state index in [0.717, 1.165) is 11.3 Å². The number of aliphatic hydroxyl groups excluding tert-OH is 1. The van der Waals surface area contributed by atoms with Crippen LogP contribution in [0.25, 0.3) is 5.76 Å². The predicted octanol–water partition coefficient (Wildman–Crippen LogP) is 4.44. The molecule has 184 valence electrons. The lowest BCUT2D eigenvalue weighted by molar-refractivity contribution is -0.140. The zero-order valence-electron chi connectivity index (χ0n) is 19.9. The fourth-order valence-electron chi connectivity index (χ4n) is 4.43. The van der Waals surface area contributed by atoms with Crippen LogP contribution in [0.4, 0.5) is 0 Å². The Morgan fingerprint density at radius 2 is 1.67 bits per heavy atom. The van der Waals surface area contributed by atoms with Gasteiger partial charge in [0.15, 0.2) is 11.5 Å². The molecule has 0 radical (unpaired) electrons. The highest BCUT2D eigenvalue weighted by Gasteiger charge is 2.46. The molecule has 0 bridgehead atoms. The van der Waals surface area contributed by atoms with Gasteiger partial charge in [-0.25, -0.2) is 0 Å². The quantitative estimate of drug-likeness (QED) is 0.299. The number of hydrogen-bond acceptors (Lipinski definition) is 7. The van der Waals surface area contributed by atoms with E-state index in [2.05, 4.69) is 0 Å². The molecule has 1 fully saturated rings. The van der Waals surface area contributed by atoms with Gasteiger partial charge in [-0.1, -0.05) is 24.3 Å². The zero-order valence-corrected chi connectivity index (χ0v) is 19.9. The van der Waals surface area contributed by atoms with E-state index in [1.807, 2.05) is 31.2 Å². The Kier molecular flexibility index (Phi) is 6.25. The summed E-state index contributed by atoms with van der Waals surface area (Å²) in [6.07, 6.45) is 0. The Morgan fingerprint density at radius 1 is 0.972 bits per heavy atom. The van der Waals surface area contributed by atoms with Gasteiger partial charge in [-0.3, -0.25) is 9.59 Å². The molecule has 2 aliphatic heterocycles. The average Bonchev–Trinajstić information content (AvgIpc) is 3.47. The van der Waals surface area contributed by atoms with Crippen LogP contribution in [0.2, 0.25) is 0 Å². The molecule has 1 atom stereocenters. The second-order valence-corrected chi connectivity index (χ2v) is 8.35. The molecule has 1 saturated heterocycles. The maximum absolute atomic E-state index is 13.3. The number of carbonyl (C=O) groups excluding carboxylic acids is 2. The Labute approximate surface area is 208 Å². The number of rotatable bonds is 7. The van der Waals surface area contributed by atoms with Crippen LogP contribution in [0.15, 0.2) is 72.3 Å². The number of ether oxygens (including phenoxy) is 4. The van der Waals surface area contributed by atoms with Gasteiger partial charge in [0, 0.05) is 12.1 Å². The molecular weight excluding hydrogens is 462 g/mol. The number of nitrogens with zero attached hydrogens (tertiary/aromatic N) is 1. The van der Waals surface area contributed by atoms with Gasteiger partial charge in [-0.05, 0) is 60.5 Å². The van der Waals surface area contributed by atoms with Crippen molar-refractivity contribution in [2.45, 2.75) is 19.5 Å². The van der Waals surface area contributed by atoms with E-state index >= 15 is 0 Å². The van der Waals surface area contributed by atoms with Crippen LogP contribution in [-0.2, 0) is 16.1 Å². The summed E-state index contributed by atoms with van der Waals surface area (Å²) < 4.78 is 21.5. The molecule has 0 aliphatic carbocycles. The second-order valence-electron chi connectivity index (χ2n) is 8.35. The molecule has 0 aromatic heterocycles. The number of ketones is 1. The number of aliphatic hydroxyl groups is 1. The number of methoxy groups -OCH3 is 1. The van der Waals surface area contributed by atoms with Gasteiger partial charge in [0.05, 0.1) is 25.3 Å². The summed E-state index contributed by atoms with van der Waals surface area (Å²) in [6.45, 7) is 2.71. The van der Waals surface area contributed by atoms with Gasteiger partial charge in [0.25, 0.3) is 11.7 Å². The molecular formula is C28H25NO7. The largest absolute Gasteiger partial charge is 0.507 e. The summed E-state index contributed by atoms with van der Waals surface area (Å²) in [6, 6.07) is 18.5. The van der Waals surface area contributed by atoms with Crippen molar-refractivity contribution in [3.05, 3.63) is 89.0 Å². The standard InChI is InChI=1S/C28H25NO7/c1-3-34-21-9-4-17(5-10-21)15-29-25(18-6-11-20(33-2)12-7-18)24(27(31)28(29)32)26(30)19-8-13-22-23(14-19)36-16-35-22/h4-14,25,30H,3,15-16H2,1-2H3/b26-24-. The van der Waals surface area contributed by atoms with Crippen LogP contribution in [-0.4, -0.2) is 42.2 Å². The number of hydrogen-bond donors (Lipinski definition) is 1. The Bertz CT molecular complexity index is 1330. The van der Waals surface area contributed by atoms with E-state index in [1.165, 1.54) is 4.90 Å². The van der Waals surface area contributed by atoms with Crippen molar-refractivity contribution in [2.75, 3.05) is 20.5 Å². The summed E-state index contributed by atoms with van der Waals surface area (Å²) in [4.78, 5) is 28.0. The lowest BCUT2D eigenvalue weighted by atomic mass is 9.95. The number of Topliss-reactive ketones (excluding diaryl/α,β-unsaturated/α-hetero) is 1. The van der Waals surface area contributed by atoms with Crippen LogP contribution >= 0.6 is 0 Å². The van der Waals surface area contributed by atoms with E-state index in [4.69, 9.17) is 18.9 Å². The van der Waals surface area contributed by atoms with Gasteiger partial charge in [0.1, 0.15) is 17.3 Å². The van der Waals surface area contributed by atoms with Crippen molar-refractivity contribution in [3.8, 4) is 23.0 Å². The molecule has 0 spiro atoms. The lowest BCUT2D eigenvalue weighted by Crippen LogP contribution is -2.29. The highest BCUT2D eigenvalue weighted by atomic mass is 16.7. The first kappa shape index (κ1) is 23.3. The number of benzene rings is 3. The van der Waals surface area contributed by atoms with E-state index in [-0.39, 0.29) is 24.7 Å². The molecule has 2 heterocycles. The molecule has 0 saturated carbocycles. The summed E-state index contributed by atoms with van der Waals surface area (Å²) in [5.41, 5.74) is 1.86. The highest BCUT2D eigenvalue weighted by molar-refractivity contribution is 6.46. The number of likely N-dealkylation sites (tertiary alicyclic amines) is 1. The zero-order chi connectivity index (χ0) is 25.2. The summed E-state index contributed by atoms with van der Waals surface area (Å²) >= 11 is 0. The normalized spacial score (nSPS) is 17.9. The Balaban J connectivity index is 1.58. The first-order valence-corrected chi connectivity index (χ1v) is 11.5. The van der Waals surface area contributed by atoms with Crippen molar-refractivity contribution in [1.82, 2.24) is 4.90 Å². The molecule has 3 aromatic rings. The monoisotopic (exact) mass is 487 g/mol. The minimum Gasteiger partial charge on any atom is -0.507 e. The number of fused-ring (bicyclic) bond motifs is 1. The molecule has 2 aliphatic rings. The SMILES string of the molecule is CCOc1ccc(CN2C(=O)C(=O)/C(=C(\O)c3ccc4c(c3)OCO4)C2c2ccc(OC)cc2)cc1. The fraction of sp³-hybridized carbons (Fsp3) is 0.214. The third-order valence-corrected chi connectivity index (χ3v) is 6.20. The minimum atomic E-state index is -0.798. The Hall–Kier alpha value is -4.46. The third kappa shape index (κ3) is 4.22. The molecule has 1 amide bonds. The van der Waals surface area contributed by atoms with Crippen LogP contribution in [0.1, 0.15) is 29.7 Å². The van der Waals surface area contributed by atoms with E-state index in [1.54, 1.807) is 49.6 Å². The molecule has 8 nitrogen and oxygen atoms in total. The third-order valence-electron chi connectivity index (χ3n) is 6.20. The van der Waals surface area contributed by atoms with Crippen molar-refractivity contribution in [2.24, 2.45) is 0 Å². The summed E-state index contributed by atoms with van der Waals surface area (Å²) in [5.74, 6) is 0.652. The molecule has 1 N–H and O–H groups in total.